The van der Waals surface area contributed by atoms with Crippen LogP contribution in [0.3, 0.4) is 0 Å². The number of rotatable bonds is 2. The van der Waals surface area contributed by atoms with E-state index in [0.717, 1.165) is 18.4 Å². The van der Waals surface area contributed by atoms with Crippen LogP contribution < -0.4 is 0 Å². The molecule has 13 heavy (non-hydrogen) atoms. The third-order valence-corrected chi connectivity index (χ3v) is 3.42. The summed E-state index contributed by atoms with van der Waals surface area (Å²) in [6.45, 7) is 8.24. The largest absolute Gasteiger partial charge is 0.395 e. The van der Waals surface area contributed by atoms with E-state index in [1.165, 1.54) is 32.4 Å². The van der Waals surface area contributed by atoms with Gasteiger partial charge in [0.15, 0.2) is 0 Å². The molecule has 78 valence electrons. The summed E-state index contributed by atoms with van der Waals surface area (Å²) in [6.07, 6.45) is 3.94. The highest BCUT2D eigenvalue weighted by atomic mass is 16.3. The molecule has 0 saturated carbocycles. The Morgan fingerprint density at radius 3 is 2.54 bits per heavy atom. The first-order valence-electron chi connectivity index (χ1n) is 5.57. The zero-order valence-electron chi connectivity index (χ0n) is 9.00. The van der Waals surface area contributed by atoms with Gasteiger partial charge in [0, 0.05) is 6.54 Å². The van der Waals surface area contributed by atoms with Crippen molar-refractivity contribution in [2.24, 2.45) is 11.8 Å². The predicted molar refractivity (Wildman–Crippen MR) is 55.7 cm³/mol. The van der Waals surface area contributed by atoms with Crippen LogP contribution in [0.25, 0.3) is 0 Å². The molecule has 2 unspecified atom stereocenters. The lowest BCUT2D eigenvalue weighted by Gasteiger charge is -2.29. The fourth-order valence-electron chi connectivity index (χ4n) is 2.07. The Kier molecular flexibility index (Phi) is 4.74. The molecular weight excluding hydrogens is 162 g/mol. The lowest BCUT2D eigenvalue weighted by molar-refractivity contribution is 0.158. The topological polar surface area (TPSA) is 23.5 Å². The van der Waals surface area contributed by atoms with E-state index in [1.807, 2.05) is 0 Å². The summed E-state index contributed by atoms with van der Waals surface area (Å²) in [5.74, 6) is 1.73. The molecule has 0 bridgehead atoms. The molecule has 0 aromatic carbocycles. The van der Waals surface area contributed by atoms with Gasteiger partial charge in [-0.15, -0.1) is 0 Å². The van der Waals surface area contributed by atoms with Crippen LogP contribution in [0.4, 0.5) is 0 Å². The zero-order chi connectivity index (χ0) is 9.68. The van der Waals surface area contributed by atoms with Crippen molar-refractivity contribution >= 4 is 0 Å². The van der Waals surface area contributed by atoms with Crippen molar-refractivity contribution in [1.82, 2.24) is 4.90 Å². The van der Waals surface area contributed by atoms with Gasteiger partial charge in [-0.05, 0) is 44.2 Å². The number of hydrogen-bond donors (Lipinski definition) is 1. The van der Waals surface area contributed by atoms with Crippen LogP contribution in [0.2, 0.25) is 0 Å². The maximum absolute atomic E-state index is 8.86. The molecule has 1 heterocycles. The molecule has 1 rings (SSSR count). The molecule has 2 nitrogen and oxygen atoms in total. The Morgan fingerprint density at radius 1 is 1.15 bits per heavy atom. The van der Waals surface area contributed by atoms with Crippen LogP contribution in [0, 0.1) is 11.8 Å². The Morgan fingerprint density at radius 2 is 1.85 bits per heavy atom. The zero-order valence-corrected chi connectivity index (χ0v) is 9.00. The molecule has 0 spiro atoms. The molecular formula is C11H23NO. The molecule has 1 N–H and O–H groups in total. The highest BCUT2D eigenvalue weighted by molar-refractivity contribution is 4.70. The van der Waals surface area contributed by atoms with E-state index in [0.29, 0.717) is 6.61 Å². The minimum atomic E-state index is 0.309. The second-order valence-corrected chi connectivity index (χ2v) is 4.45. The second-order valence-electron chi connectivity index (χ2n) is 4.45. The van der Waals surface area contributed by atoms with Crippen LogP contribution >= 0.6 is 0 Å². The quantitative estimate of drug-likeness (QED) is 0.708. The van der Waals surface area contributed by atoms with Crippen LogP contribution in [0.15, 0.2) is 0 Å². The van der Waals surface area contributed by atoms with Crippen molar-refractivity contribution in [3.05, 3.63) is 0 Å². The van der Waals surface area contributed by atoms with Crippen molar-refractivity contribution in [3.63, 3.8) is 0 Å². The molecule has 0 aromatic rings. The van der Waals surface area contributed by atoms with Crippen molar-refractivity contribution < 1.29 is 5.11 Å². The lowest BCUT2D eigenvalue weighted by Crippen LogP contribution is -2.33. The van der Waals surface area contributed by atoms with Gasteiger partial charge in [-0.1, -0.05) is 13.8 Å². The molecule has 1 saturated heterocycles. The Labute approximate surface area is 81.9 Å². The van der Waals surface area contributed by atoms with Crippen molar-refractivity contribution in [2.75, 3.05) is 26.2 Å². The number of aliphatic hydroxyl groups is 1. The molecule has 0 amide bonds. The number of aliphatic hydroxyl groups excluding tert-OH is 1. The van der Waals surface area contributed by atoms with Crippen LogP contribution in [0.1, 0.15) is 33.1 Å². The van der Waals surface area contributed by atoms with Gasteiger partial charge in [-0.2, -0.15) is 0 Å². The summed E-state index contributed by atoms with van der Waals surface area (Å²) < 4.78 is 0. The third kappa shape index (κ3) is 3.65. The molecule has 0 aromatic heterocycles. The van der Waals surface area contributed by atoms with E-state index in [-0.39, 0.29) is 0 Å². The molecule has 1 fully saturated rings. The molecule has 2 heteroatoms. The SMILES string of the molecule is CC1CCCN(CCO)CCC1C. The Balaban J connectivity index is 2.32. The number of nitrogens with zero attached hydrogens (tertiary/aromatic N) is 1. The minimum absolute atomic E-state index is 0.309. The highest BCUT2D eigenvalue weighted by Crippen LogP contribution is 2.22. The van der Waals surface area contributed by atoms with Gasteiger partial charge in [-0.25, -0.2) is 0 Å². The van der Waals surface area contributed by atoms with Gasteiger partial charge in [-0.3, -0.25) is 0 Å². The summed E-state index contributed by atoms with van der Waals surface area (Å²) >= 11 is 0. The minimum Gasteiger partial charge on any atom is -0.395 e. The van der Waals surface area contributed by atoms with Crippen LogP contribution in [0.5, 0.6) is 0 Å². The standard InChI is InChI=1S/C11H23NO/c1-10-4-3-6-12(8-9-13)7-5-11(10)2/h10-11,13H,3-9H2,1-2H3. The van der Waals surface area contributed by atoms with Gasteiger partial charge < -0.3 is 10.0 Å². The van der Waals surface area contributed by atoms with E-state index in [1.54, 1.807) is 0 Å². The van der Waals surface area contributed by atoms with E-state index < -0.39 is 0 Å². The van der Waals surface area contributed by atoms with E-state index in [4.69, 9.17) is 5.11 Å². The third-order valence-electron chi connectivity index (χ3n) is 3.42. The Hall–Kier alpha value is -0.0800. The first-order valence-corrected chi connectivity index (χ1v) is 5.57. The smallest absolute Gasteiger partial charge is 0.0558 e. The average Bonchev–Trinajstić information content (AvgIpc) is 2.11. The van der Waals surface area contributed by atoms with Crippen molar-refractivity contribution in [2.45, 2.75) is 33.1 Å². The van der Waals surface area contributed by atoms with Crippen molar-refractivity contribution in [3.8, 4) is 0 Å². The van der Waals surface area contributed by atoms with Gasteiger partial charge in [0.1, 0.15) is 0 Å². The van der Waals surface area contributed by atoms with E-state index >= 15 is 0 Å². The molecule has 1 aliphatic rings. The molecule has 1 aliphatic heterocycles. The molecule has 2 atom stereocenters. The molecule has 0 aliphatic carbocycles. The summed E-state index contributed by atoms with van der Waals surface area (Å²) in [6, 6.07) is 0. The number of hydrogen-bond acceptors (Lipinski definition) is 2. The highest BCUT2D eigenvalue weighted by Gasteiger charge is 2.17. The monoisotopic (exact) mass is 185 g/mol. The summed E-state index contributed by atoms with van der Waals surface area (Å²) in [4.78, 5) is 2.39. The van der Waals surface area contributed by atoms with Crippen LogP contribution in [-0.2, 0) is 0 Å². The van der Waals surface area contributed by atoms with Gasteiger partial charge in [0.25, 0.3) is 0 Å². The first kappa shape index (κ1) is 11.0. The maximum atomic E-state index is 8.86. The Bertz CT molecular complexity index is 138. The van der Waals surface area contributed by atoms with Gasteiger partial charge in [0.2, 0.25) is 0 Å². The van der Waals surface area contributed by atoms with E-state index in [9.17, 15) is 0 Å². The van der Waals surface area contributed by atoms with Crippen LogP contribution in [-0.4, -0.2) is 36.2 Å². The maximum Gasteiger partial charge on any atom is 0.0558 e. The number of likely N-dealkylation sites (tertiary alicyclic amines) is 1. The fourth-order valence-corrected chi connectivity index (χ4v) is 2.07. The normalized spacial score (nSPS) is 32.5. The summed E-state index contributed by atoms with van der Waals surface area (Å²) in [5, 5.41) is 8.86. The second kappa shape index (κ2) is 5.61. The van der Waals surface area contributed by atoms with Gasteiger partial charge in [0.05, 0.1) is 6.61 Å². The predicted octanol–water partition coefficient (Wildman–Crippen LogP) is 1.74. The molecule has 0 radical (unpaired) electrons. The van der Waals surface area contributed by atoms with E-state index in [2.05, 4.69) is 18.7 Å². The van der Waals surface area contributed by atoms with Crippen molar-refractivity contribution in [1.29, 1.82) is 0 Å². The average molecular weight is 185 g/mol. The summed E-state index contributed by atoms with van der Waals surface area (Å²) in [7, 11) is 0. The van der Waals surface area contributed by atoms with Gasteiger partial charge >= 0.3 is 0 Å². The fraction of sp³-hybridized carbons (Fsp3) is 1.00. The first-order chi connectivity index (χ1) is 6.24. The lowest BCUT2D eigenvalue weighted by atomic mass is 9.87. The summed E-state index contributed by atoms with van der Waals surface area (Å²) in [5.41, 5.74) is 0. The number of β-amino-alcohol motifs (C(OH)–C–C–N with tert-alkyl or cyclic N) is 1.